The second kappa shape index (κ2) is 7.93. The highest BCUT2D eigenvalue weighted by Gasteiger charge is 2.39. The molecule has 0 radical (unpaired) electrons. The molecule has 2 atom stereocenters. The van der Waals surface area contributed by atoms with E-state index in [0.717, 1.165) is 5.56 Å². The summed E-state index contributed by atoms with van der Waals surface area (Å²) in [7, 11) is 1.59. The van der Waals surface area contributed by atoms with Crippen molar-refractivity contribution < 1.29 is 18.7 Å². The zero-order valence-corrected chi connectivity index (χ0v) is 14.4. The van der Waals surface area contributed by atoms with Gasteiger partial charge in [-0.25, -0.2) is 4.39 Å². The number of piperazine rings is 1. The molecule has 2 aliphatic heterocycles. The summed E-state index contributed by atoms with van der Waals surface area (Å²) < 4.78 is 18.6. The average molecular weight is 349 g/mol. The molecule has 2 heterocycles. The van der Waals surface area contributed by atoms with Crippen LogP contribution >= 0.6 is 0 Å². The predicted molar refractivity (Wildman–Crippen MR) is 90.3 cm³/mol. The molecule has 0 aromatic heterocycles. The van der Waals surface area contributed by atoms with E-state index in [1.54, 1.807) is 23.0 Å². The first-order valence-electron chi connectivity index (χ1n) is 8.63. The highest BCUT2D eigenvalue weighted by atomic mass is 19.1. The van der Waals surface area contributed by atoms with E-state index < -0.39 is 0 Å². The lowest BCUT2D eigenvalue weighted by atomic mass is 9.99. The van der Waals surface area contributed by atoms with E-state index in [9.17, 15) is 14.0 Å². The molecular formula is C18H24FN3O3. The number of hydrogen-bond acceptors (Lipinski definition) is 4. The van der Waals surface area contributed by atoms with Gasteiger partial charge >= 0.3 is 0 Å². The molecular weight excluding hydrogens is 325 g/mol. The van der Waals surface area contributed by atoms with Gasteiger partial charge in [0.1, 0.15) is 5.82 Å². The SMILES string of the molecule is COCCN1CC(C(=O)N2CCNCC2c2cccc(F)c2)CC1=O. The van der Waals surface area contributed by atoms with Gasteiger partial charge in [0.15, 0.2) is 0 Å². The molecule has 3 rings (SSSR count). The van der Waals surface area contributed by atoms with Crippen molar-refractivity contribution in [3.05, 3.63) is 35.6 Å². The van der Waals surface area contributed by atoms with Crippen molar-refractivity contribution in [2.24, 2.45) is 5.92 Å². The molecule has 2 amide bonds. The number of hydrogen-bond donors (Lipinski definition) is 1. The number of rotatable bonds is 5. The normalized spacial score (nSPS) is 24.0. The summed E-state index contributed by atoms with van der Waals surface area (Å²) >= 11 is 0. The van der Waals surface area contributed by atoms with Gasteiger partial charge in [-0.1, -0.05) is 12.1 Å². The Morgan fingerprint density at radius 1 is 1.44 bits per heavy atom. The number of halogens is 1. The fourth-order valence-electron chi connectivity index (χ4n) is 3.57. The van der Waals surface area contributed by atoms with E-state index in [-0.39, 0.29) is 36.0 Å². The Morgan fingerprint density at radius 2 is 2.28 bits per heavy atom. The van der Waals surface area contributed by atoms with Gasteiger partial charge in [-0.05, 0) is 17.7 Å². The summed E-state index contributed by atoms with van der Waals surface area (Å²) in [5.41, 5.74) is 0.779. The van der Waals surface area contributed by atoms with Crippen molar-refractivity contribution in [1.82, 2.24) is 15.1 Å². The van der Waals surface area contributed by atoms with Crippen LogP contribution in [-0.4, -0.2) is 68.1 Å². The zero-order chi connectivity index (χ0) is 17.8. The number of carbonyl (C=O) groups excluding carboxylic acids is 2. The summed E-state index contributed by atoms with van der Waals surface area (Å²) in [6, 6.07) is 6.16. The molecule has 7 heteroatoms. The maximum Gasteiger partial charge on any atom is 0.228 e. The standard InChI is InChI=1S/C18H24FN3O3/c1-25-8-7-21-12-14(10-17(21)23)18(24)22-6-5-20-11-16(22)13-3-2-4-15(19)9-13/h2-4,9,14,16,20H,5-8,10-12H2,1H3. The van der Waals surface area contributed by atoms with Crippen molar-refractivity contribution in [1.29, 1.82) is 0 Å². The van der Waals surface area contributed by atoms with Crippen LogP contribution in [0, 0.1) is 11.7 Å². The highest BCUT2D eigenvalue weighted by molar-refractivity contribution is 5.89. The number of ether oxygens (including phenoxy) is 1. The van der Waals surface area contributed by atoms with Gasteiger partial charge in [0.25, 0.3) is 0 Å². The molecule has 25 heavy (non-hydrogen) atoms. The van der Waals surface area contributed by atoms with Crippen molar-refractivity contribution >= 4 is 11.8 Å². The number of likely N-dealkylation sites (tertiary alicyclic amines) is 1. The quantitative estimate of drug-likeness (QED) is 0.854. The van der Waals surface area contributed by atoms with Crippen LogP contribution in [0.25, 0.3) is 0 Å². The smallest absolute Gasteiger partial charge is 0.228 e. The fourth-order valence-corrected chi connectivity index (χ4v) is 3.57. The van der Waals surface area contributed by atoms with Crippen molar-refractivity contribution in [3.8, 4) is 0 Å². The van der Waals surface area contributed by atoms with Gasteiger partial charge in [0, 0.05) is 46.3 Å². The molecule has 2 fully saturated rings. The van der Waals surface area contributed by atoms with Gasteiger partial charge in [0.05, 0.1) is 18.6 Å². The van der Waals surface area contributed by atoms with E-state index in [2.05, 4.69) is 5.32 Å². The van der Waals surface area contributed by atoms with Crippen molar-refractivity contribution in [3.63, 3.8) is 0 Å². The van der Waals surface area contributed by atoms with Crippen LogP contribution in [0.4, 0.5) is 4.39 Å². The maximum absolute atomic E-state index is 13.6. The number of nitrogens with zero attached hydrogens (tertiary/aromatic N) is 2. The molecule has 2 saturated heterocycles. The van der Waals surface area contributed by atoms with E-state index in [1.807, 2.05) is 6.07 Å². The molecule has 6 nitrogen and oxygen atoms in total. The predicted octanol–water partition coefficient (Wildman–Crippen LogP) is 0.794. The Balaban J connectivity index is 1.72. The first kappa shape index (κ1) is 17.8. The number of methoxy groups -OCH3 is 1. The molecule has 0 bridgehead atoms. The topological polar surface area (TPSA) is 61.9 Å². The fraction of sp³-hybridized carbons (Fsp3) is 0.556. The largest absolute Gasteiger partial charge is 0.383 e. The monoisotopic (exact) mass is 349 g/mol. The zero-order valence-electron chi connectivity index (χ0n) is 14.4. The van der Waals surface area contributed by atoms with Crippen LogP contribution in [0.15, 0.2) is 24.3 Å². The molecule has 136 valence electrons. The van der Waals surface area contributed by atoms with Crippen LogP contribution in [0.2, 0.25) is 0 Å². The number of benzene rings is 1. The van der Waals surface area contributed by atoms with Crippen molar-refractivity contribution in [2.45, 2.75) is 12.5 Å². The molecule has 0 spiro atoms. The van der Waals surface area contributed by atoms with E-state index in [4.69, 9.17) is 4.74 Å². The first-order chi connectivity index (χ1) is 12.1. The van der Waals surface area contributed by atoms with Gasteiger partial charge < -0.3 is 19.9 Å². The van der Waals surface area contributed by atoms with Crippen LogP contribution in [0.1, 0.15) is 18.0 Å². The molecule has 1 aromatic carbocycles. The lowest BCUT2D eigenvalue weighted by Crippen LogP contribution is -2.50. The first-order valence-corrected chi connectivity index (χ1v) is 8.63. The minimum absolute atomic E-state index is 0.00663. The third-order valence-corrected chi connectivity index (χ3v) is 4.89. The Hall–Kier alpha value is -1.99. The van der Waals surface area contributed by atoms with Gasteiger partial charge in [-0.3, -0.25) is 9.59 Å². The van der Waals surface area contributed by atoms with E-state index in [1.165, 1.54) is 12.1 Å². The molecule has 0 aliphatic carbocycles. The van der Waals surface area contributed by atoms with Crippen LogP contribution < -0.4 is 5.32 Å². The molecule has 1 N–H and O–H groups in total. The van der Waals surface area contributed by atoms with E-state index >= 15 is 0 Å². The minimum Gasteiger partial charge on any atom is -0.383 e. The Kier molecular flexibility index (Phi) is 5.65. The van der Waals surface area contributed by atoms with Gasteiger partial charge in [0.2, 0.25) is 11.8 Å². The second-order valence-electron chi connectivity index (χ2n) is 6.54. The average Bonchev–Trinajstić information content (AvgIpc) is 3.00. The Morgan fingerprint density at radius 3 is 3.04 bits per heavy atom. The summed E-state index contributed by atoms with van der Waals surface area (Å²) in [5.74, 6) is -0.673. The third-order valence-electron chi connectivity index (χ3n) is 4.89. The van der Waals surface area contributed by atoms with Crippen LogP contribution in [-0.2, 0) is 14.3 Å². The summed E-state index contributed by atoms with van der Waals surface area (Å²) in [5, 5.41) is 3.26. The lowest BCUT2D eigenvalue weighted by molar-refractivity contribution is -0.139. The third kappa shape index (κ3) is 3.99. The molecule has 2 unspecified atom stereocenters. The van der Waals surface area contributed by atoms with Crippen molar-refractivity contribution in [2.75, 3.05) is 46.4 Å². The Bertz CT molecular complexity index is 640. The minimum atomic E-state index is -0.335. The molecule has 2 aliphatic rings. The summed E-state index contributed by atoms with van der Waals surface area (Å²) in [4.78, 5) is 28.6. The maximum atomic E-state index is 13.6. The molecule has 0 saturated carbocycles. The number of amides is 2. The summed E-state index contributed by atoms with van der Waals surface area (Å²) in [6.07, 6.45) is 0.238. The second-order valence-corrected chi connectivity index (χ2v) is 6.54. The lowest BCUT2D eigenvalue weighted by Gasteiger charge is -2.38. The van der Waals surface area contributed by atoms with Crippen LogP contribution in [0.3, 0.4) is 0 Å². The van der Waals surface area contributed by atoms with Crippen LogP contribution in [0.5, 0.6) is 0 Å². The summed E-state index contributed by atoms with van der Waals surface area (Å²) in [6.45, 7) is 3.25. The highest BCUT2D eigenvalue weighted by Crippen LogP contribution is 2.28. The number of carbonyl (C=O) groups is 2. The number of nitrogens with one attached hydrogen (secondary N) is 1. The Labute approximate surface area is 146 Å². The van der Waals surface area contributed by atoms with Gasteiger partial charge in [-0.15, -0.1) is 0 Å². The molecule has 1 aromatic rings. The van der Waals surface area contributed by atoms with Gasteiger partial charge in [-0.2, -0.15) is 0 Å². The van der Waals surface area contributed by atoms with E-state index in [0.29, 0.717) is 39.3 Å².